The summed E-state index contributed by atoms with van der Waals surface area (Å²) < 4.78 is 0. The van der Waals surface area contributed by atoms with E-state index in [1.807, 2.05) is 6.07 Å². The average molecular weight is 254 g/mol. The van der Waals surface area contributed by atoms with Gasteiger partial charge in [0.25, 0.3) is 5.91 Å². The molecule has 0 spiro atoms. The highest BCUT2D eigenvalue weighted by Crippen LogP contribution is 2.20. The van der Waals surface area contributed by atoms with Crippen LogP contribution < -0.4 is 5.32 Å². The molecule has 6 heteroatoms. The van der Waals surface area contributed by atoms with Crippen LogP contribution in [0.15, 0.2) is 48.5 Å². The molecule has 6 nitrogen and oxygen atoms in total. The van der Waals surface area contributed by atoms with Gasteiger partial charge in [-0.25, -0.2) is 0 Å². The molecule has 2 aromatic carbocycles. The lowest BCUT2D eigenvalue weighted by Gasteiger charge is -2.05. The zero-order valence-corrected chi connectivity index (χ0v) is 9.82. The maximum absolute atomic E-state index is 12.0. The first kappa shape index (κ1) is 11.2. The lowest BCUT2D eigenvalue weighted by atomic mass is 10.2. The van der Waals surface area contributed by atoms with E-state index in [1.165, 1.54) is 0 Å². The topological polar surface area (TPSA) is 80.0 Å². The van der Waals surface area contributed by atoms with Gasteiger partial charge in [-0.1, -0.05) is 29.1 Å². The highest BCUT2D eigenvalue weighted by atomic mass is 16.5. The predicted molar refractivity (Wildman–Crippen MR) is 69.1 cm³/mol. The van der Waals surface area contributed by atoms with Gasteiger partial charge >= 0.3 is 0 Å². The Balaban J connectivity index is 1.96. The summed E-state index contributed by atoms with van der Waals surface area (Å²) in [6.07, 6.45) is 0. The highest BCUT2D eigenvalue weighted by Gasteiger charge is 2.11. The minimum atomic E-state index is -0.236. The Morgan fingerprint density at radius 1 is 1.11 bits per heavy atom. The van der Waals surface area contributed by atoms with Crippen LogP contribution in [0.25, 0.3) is 11.0 Å². The van der Waals surface area contributed by atoms with Crippen LogP contribution in [0.3, 0.4) is 0 Å². The Morgan fingerprint density at radius 3 is 2.68 bits per heavy atom. The molecule has 0 aliphatic rings. The highest BCUT2D eigenvalue weighted by molar-refractivity contribution is 6.07. The Morgan fingerprint density at radius 2 is 1.89 bits per heavy atom. The summed E-state index contributed by atoms with van der Waals surface area (Å²) in [5.74, 6) is -0.236. The third-order valence-electron chi connectivity index (χ3n) is 2.74. The molecule has 19 heavy (non-hydrogen) atoms. The maximum atomic E-state index is 12.0. The fraction of sp³-hybridized carbons (Fsp3) is 0. The van der Waals surface area contributed by atoms with E-state index in [0.717, 1.165) is 0 Å². The van der Waals surface area contributed by atoms with Gasteiger partial charge in [0.05, 0.1) is 5.69 Å². The first-order valence-electron chi connectivity index (χ1n) is 5.66. The molecule has 0 aliphatic heterocycles. The number of nitrogens with zero attached hydrogens (tertiary/aromatic N) is 3. The van der Waals surface area contributed by atoms with Crippen molar-refractivity contribution in [2.75, 3.05) is 5.32 Å². The molecule has 3 aromatic rings. The number of carbonyl (C=O) groups is 1. The lowest BCUT2D eigenvalue weighted by molar-refractivity contribution is 0.102. The van der Waals surface area contributed by atoms with Crippen molar-refractivity contribution in [2.24, 2.45) is 0 Å². The van der Waals surface area contributed by atoms with E-state index < -0.39 is 0 Å². The van der Waals surface area contributed by atoms with Crippen molar-refractivity contribution in [1.82, 2.24) is 15.2 Å². The Kier molecular flexibility index (Phi) is 2.60. The Bertz CT molecular complexity index is 737. The summed E-state index contributed by atoms with van der Waals surface area (Å²) in [5, 5.41) is 19.5. The van der Waals surface area contributed by atoms with Crippen LogP contribution in [-0.4, -0.2) is 26.3 Å². The first-order valence-corrected chi connectivity index (χ1v) is 5.66. The quantitative estimate of drug-likeness (QED) is 0.685. The summed E-state index contributed by atoms with van der Waals surface area (Å²) in [4.78, 5) is 12.7. The van der Waals surface area contributed by atoms with Crippen LogP contribution >= 0.6 is 0 Å². The molecule has 0 saturated carbocycles. The number of benzene rings is 2. The van der Waals surface area contributed by atoms with Crippen molar-refractivity contribution in [3.05, 3.63) is 54.1 Å². The van der Waals surface area contributed by atoms with Crippen LogP contribution in [-0.2, 0) is 0 Å². The van der Waals surface area contributed by atoms with E-state index >= 15 is 0 Å². The molecule has 0 atom stereocenters. The Hall–Kier alpha value is -2.89. The third-order valence-corrected chi connectivity index (χ3v) is 2.74. The van der Waals surface area contributed by atoms with Crippen molar-refractivity contribution < 1.29 is 10.0 Å². The molecule has 0 fully saturated rings. The number of anilines is 1. The number of amides is 1. The molecule has 1 aromatic heterocycles. The number of hydrogen-bond acceptors (Lipinski definition) is 4. The summed E-state index contributed by atoms with van der Waals surface area (Å²) in [6, 6.07) is 13.9. The standard InChI is InChI=1S/C13H10N4O2/c18-13(9-5-2-1-3-6-9)14-10-7-4-8-11-12(10)15-16-17(11)19/h1-8,19H,(H,14,18). The van der Waals surface area contributed by atoms with E-state index in [1.54, 1.807) is 42.5 Å². The molecular weight excluding hydrogens is 244 g/mol. The van der Waals surface area contributed by atoms with E-state index in [4.69, 9.17) is 0 Å². The van der Waals surface area contributed by atoms with Crippen molar-refractivity contribution in [3.8, 4) is 0 Å². The van der Waals surface area contributed by atoms with E-state index in [-0.39, 0.29) is 5.91 Å². The van der Waals surface area contributed by atoms with Gasteiger partial charge in [-0.2, -0.15) is 0 Å². The smallest absolute Gasteiger partial charge is 0.255 e. The molecule has 0 unspecified atom stereocenters. The van der Waals surface area contributed by atoms with E-state index in [9.17, 15) is 10.0 Å². The fourth-order valence-electron chi connectivity index (χ4n) is 1.82. The minimum absolute atomic E-state index is 0.236. The summed E-state index contributed by atoms with van der Waals surface area (Å²) >= 11 is 0. The number of rotatable bonds is 2. The van der Waals surface area contributed by atoms with Crippen molar-refractivity contribution >= 4 is 22.6 Å². The third kappa shape index (κ3) is 1.99. The van der Waals surface area contributed by atoms with Gasteiger partial charge in [0, 0.05) is 5.56 Å². The summed E-state index contributed by atoms with van der Waals surface area (Å²) in [7, 11) is 0. The fourth-order valence-corrected chi connectivity index (χ4v) is 1.82. The molecule has 3 rings (SSSR count). The minimum Gasteiger partial charge on any atom is -0.410 e. The number of fused-ring (bicyclic) bond motifs is 1. The van der Waals surface area contributed by atoms with Crippen molar-refractivity contribution in [1.29, 1.82) is 0 Å². The molecule has 0 bridgehead atoms. The lowest BCUT2D eigenvalue weighted by Crippen LogP contribution is -2.11. The number of aromatic nitrogens is 3. The second-order valence-corrected chi connectivity index (χ2v) is 3.97. The van der Waals surface area contributed by atoms with Crippen LogP contribution in [0, 0.1) is 0 Å². The van der Waals surface area contributed by atoms with Crippen molar-refractivity contribution in [2.45, 2.75) is 0 Å². The number of hydrogen-bond donors (Lipinski definition) is 2. The van der Waals surface area contributed by atoms with E-state index in [2.05, 4.69) is 15.6 Å². The second-order valence-electron chi connectivity index (χ2n) is 3.97. The normalized spacial score (nSPS) is 10.5. The molecule has 94 valence electrons. The SMILES string of the molecule is O=C(Nc1cccc2c1nnn2O)c1ccccc1. The van der Waals surface area contributed by atoms with Crippen LogP contribution in [0.2, 0.25) is 0 Å². The monoisotopic (exact) mass is 254 g/mol. The molecule has 0 radical (unpaired) electrons. The van der Waals surface area contributed by atoms with Gasteiger partial charge in [0.2, 0.25) is 0 Å². The summed E-state index contributed by atoms with van der Waals surface area (Å²) in [6.45, 7) is 0. The maximum Gasteiger partial charge on any atom is 0.255 e. The zero-order valence-electron chi connectivity index (χ0n) is 9.82. The number of nitrogens with one attached hydrogen (secondary N) is 1. The van der Waals surface area contributed by atoms with Crippen LogP contribution in [0.4, 0.5) is 5.69 Å². The first-order chi connectivity index (χ1) is 9.25. The van der Waals surface area contributed by atoms with Gasteiger partial charge in [-0.3, -0.25) is 4.79 Å². The van der Waals surface area contributed by atoms with Crippen LogP contribution in [0.1, 0.15) is 10.4 Å². The van der Waals surface area contributed by atoms with Gasteiger partial charge in [-0.15, -0.1) is 5.10 Å². The summed E-state index contributed by atoms with van der Waals surface area (Å²) in [5.41, 5.74) is 1.93. The van der Waals surface area contributed by atoms with Crippen molar-refractivity contribution in [3.63, 3.8) is 0 Å². The second kappa shape index (κ2) is 4.41. The van der Waals surface area contributed by atoms with Gasteiger partial charge in [-0.05, 0) is 29.5 Å². The van der Waals surface area contributed by atoms with E-state index in [0.29, 0.717) is 27.1 Å². The molecule has 1 amide bonds. The largest absolute Gasteiger partial charge is 0.410 e. The number of carbonyl (C=O) groups excluding carboxylic acids is 1. The average Bonchev–Trinajstić information content (AvgIpc) is 2.83. The molecule has 1 heterocycles. The zero-order chi connectivity index (χ0) is 13.2. The Labute approximate surface area is 108 Å². The molecule has 0 aliphatic carbocycles. The van der Waals surface area contributed by atoms with Gasteiger partial charge in [0.1, 0.15) is 11.0 Å². The molecule has 0 saturated heterocycles. The van der Waals surface area contributed by atoms with Gasteiger partial charge < -0.3 is 10.5 Å². The molecule has 2 N–H and O–H groups in total. The van der Waals surface area contributed by atoms with Crippen LogP contribution in [0.5, 0.6) is 0 Å². The predicted octanol–water partition coefficient (Wildman–Crippen LogP) is 1.92. The molecular formula is C13H10N4O2. The van der Waals surface area contributed by atoms with Gasteiger partial charge in [0.15, 0.2) is 0 Å².